The summed E-state index contributed by atoms with van der Waals surface area (Å²) in [5.41, 5.74) is 4.98. The number of benzene rings is 1. The van der Waals surface area contributed by atoms with Gasteiger partial charge in [0.2, 0.25) is 0 Å². The number of halogens is 2. The number of nitrogens with two attached hydrogens (primary N) is 1. The van der Waals surface area contributed by atoms with Crippen molar-refractivity contribution in [2.75, 3.05) is 12.3 Å². The van der Waals surface area contributed by atoms with Crippen LogP contribution < -0.4 is 15.8 Å². The first-order chi connectivity index (χ1) is 15.0. The highest BCUT2D eigenvalue weighted by atomic mass is 35.5. The predicted octanol–water partition coefficient (Wildman–Crippen LogP) is 3.60. The molecule has 172 valence electrons. The van der Waals surface area contributed by atoms with Gasteiger partial charge in [0, 0.05) is 24.5 Å². The molecular formula is C22H27ClFN5O3. The number of amides is 1. The maximum absolute atomic E-state index is 15.1. The Hall–Kier alpha value is -2.91. The Morgan fingerprint density at radius 1 is 1.47 bits per heavy atom. The van der Waals surface area contributed by atoms with Crippen LogP contribution in [-0.4, -0.2) is 38.0 Å². The Morgan fingerprint density at radius 2 is 2.16 bits per heavy atom. The van der Waals surface area contributed by atoms with Crippen molar-refractivity contribution in [3.63, 3.8) is 0 Å². The number of aromatic nitrogens is 3. The zero-order chi connectivity index (χ0) is 23.8. The number of carbonyl (C=O) groups excluding carboxylic acids is 1. The number of nitrogens with one attached hydrogen (secondary N) is 1. The highest BCUT2D eigenvalue weighted by molar-refractivity contribution is 6.31. The number of rotatable bonds is 7. The monoisotopic (exact) mass is 463 g/mol. The second-order valence-corrected chi connectivity index (χ2v) is 8.38. The van der Waals surface area contributed by atoms with Crippen molar-refractivity contribution < 1.29 is 19.0 Å². The van der Waals surface area contributed by atoms with Crippen molar-refractivity contribution in [3.05, 3.63) is 51.9 Å². The number of nitrogens with zero attached hydrogens (tertiary/aromatic N) is 3. The van der Waals surface area contributed by atoms with Crippen molar-refractivity contribution in [1.29, 1.82) is 0 Å². The number of nitrogen functional groups attached to an aromatic ring is 1. The lowest BCUT2D eigenvalue weighted by Crippen LogP contribution is -2.31. The fraction of sp³-hybridized carbons (Fsp3) is 0.409. The Morgan fingerprint density at radius 3 is 2.78 bits per heavy atom. The molecule has 0 saturated heterocycles. The van der Waals surface area contributed by atoms with Crippen molar-refractivity contribution in [1.82, 2.24) is 19.7 Å². The van der Waals surface area contributed by atoms with Gasteiger partial charge in [0.25, 0.3) is 5.91 Å². The minimum Gasteiger partial charge on any atom is -0.490 e. The van der Waals surface area contributed by atoms with Crippen LogP contribution in [0.1, 0.15) is 61.6 Å². The van der Waals surface area contributed by atoms with E-state index in [9.17, 15) is 9.90 Å². The highest BCUT2D eigenvalue weighted by Crippen LogP contribution is 2.42. The van der Waals surface area contributed by atoms with E-state index in [-0.39, 0.29) is 33.5 Å². The summed E-state index contributed by atoms with van der Waals surface area (Å²) in [4.78, 5) is 21.4. The summed E-state index contributed by atoms with van der Waals surface area (Å²) in [7, 11) is 0. The maximum Gasteiger partial charge on any atom is 0.258 e. The molecular weight excluding hydrogens is 437 g/mol. The highest BCUT2D eigenvalue weighted by Gasteiger charge is 2.38. The van der Waals surface area contributed by atoms with Crippen LogP contribution in [0, 0.1) is 12.7 Å². The van der Waals surface area contributed by atoms with Crippen molar-refractivity contribution in [2.24, 2.45) is 0 Å². The van der Waals surface area contributed by atoms with E-state index in [1.165, 1.54) is 19.2 Å². The molecule has 1 aromatic carbocycles. The second-order valence-electron chi connectivity index (χ2n) is 7.97. The normalized spacial score (nSPS) is 13.4. The van der Waals surface area contributed by atoms with Gasteiger partial charge in [0.1, 0.15) is 34.1 Å². The van der Waals surface area contributed by atoms with Crippen LogP contribution in [0.5, 0.6) is 5.75 Å². The number of anilines is 1. The summed E-state index contributed by atoms with van der Waals surface area (Å²) in [6, 6.07) is 1.26. The van der Waals surface area contributed by atoms with E-state index < -0.39 is 23.4 Å². The molecule has 2 aromatic heterocycles. The molecule has 0 spiro atoms. The van der Waals surface area contributed by atoms with Crippen LogP contribution in [0.15, 0.2) is 18.5 Å². The lowest BCUT2D eigenvalue weighted by molar-refractivity contribution is 0.0841. The number of hydrogen-bond donors (Lipinski definition) is 3. The number of carbonyl (C=O) groups is 1. The number of aliphatic hydroxyl groups is 1. The molecule has 1 atom stereocenters. The fourth-order valence-corrected chi connectivity index (χ4v) is 3.77. The first-order valence-electron chi connectivity index (χ1n) is 10.3. The molecule has 0 saturated carbocycles. The molecule has 1 amide bonds. The van der Waals surface area contributed by atoms with Crippen molar-refractivity contribution in [2.45, 2.75) is 52.7 Å². The number of fused-ring (bicyclic) bond motifs is 1. The summed E-state index contributed by atoms with van der Waals surface area (Å²) in [5.74, 6) is -1.27. The third kappa shape index (κ3) is 4.10. The van der Waals surface area contributed by atoms with E-state index in [0.717, 1.165) is 0 Å². The van der Waals surface area contributed by atoms with Gasteiger partial charge in [0.15, 0.2) is 5.82 Å². The molecule has 32 heavy (non-hydrogen) atoms. The van der Waals surface area contributed by atoms with E-state index in [2.05, 4.69) is 15.3 Å². The molecule has 0 aliphatic carbocycles. The molecule has 10 heteroatoms. The van der Waals surface area contributed by atoms with Gasteiger partial charge in [-0.15, -0.1) is 0 Å². The smallest absolute Gasteiger partial charge is 0.258 e. The first-order valence-corrected chi connectivity index (χ1v) is 10.7. The Balaban J connectivity index is 2.32. The maximum atomic E-state index is 15.1. The Kier molecular flexibility index (Phi) is 6.61. The molecule has 8 nitrogen and oxygen atoms in total. The zero-order valence-electron chi connectivity index (χ0n) is 18.7. The van der Waals surface area contributed by atoms with Gasteiger partial charge in [-0.1, -0.05) is 18.5 Å². The van der Waals surface area contributed by atoms with Gasteiger partial charge < -0.3 is 20.9 Å². The van der Waals surface area contributed by atoms with Gasteiger partial charge in [-0.3, -0.25) is 9.20 Å². The van der Waals surface area contributed by atoms with Gasteiger partial charge >= 0.3 is 0 Å². The lowest BCUT2D eigenvalue weighted by atomic mass is 9.91. The van der Waals surface area contributed by atoms with Gasteiger partial charge in [-0.25, -0.2) is 14.4 Å². The number of aryl methyl sites for hydroxylation is 1. The molecule has 3 rings (SSSR count). The van der Waals surface area contributed by atoms with E-state index in [0.29, 0.717) is 24.2 Å². The molecule has 2 heterocycles. The number of imidazole rings is 1. The number of ether oxygens (including phenoxy) is 1. The third-order valence-electron chi connectivity index (χ3n) is 5.01. The molecule has 0 aliphatic heterocycles. The second kappa shape index (κ2) is 8.91. The van der Waals surface area contributed by atoms with Crippen LogP contribution in [0.25, 0.3) is 5.52 Å². The van der Waals surface area contributed by atoms with Crippen molar-refractivity contribution in [3.8, 4) is 5.75 Å². The van der Waals surface area contributed by atoms with Gasteiger partial charge in [-0.2, -0.15) is 0 Å². The molecule has 0 radical (unpaired) electrons. The number of hydrogen-bond acceptors (Lipinski definition) is 6. The van der Waals surface area contributed by atoms with Crippen LogP contribution in [0.3, 0.4) is 0 Å². The largest absolute Gasteiger partial charge is 0.490 e. The summed E-state index contributed by atoms with van der Waals surface area (Å²) < 4.78 is 22.5. The predicted molar refractivity (Wildman–Crippen MR) is 121 cm³/mol. The zero-order valence-corrected chi connectivity index (χ0v) is 19.4. The molecule has 0 bridgehead atoms. The molecule has 0 aliphatic rings. The first kappa shape index (κ1) is 23.7. The van der Waals surface area contributed by atoms with Crippen LogP contribution in [0.2, 0.25) is 5.02 Å². The quantitative estimate of drug-likeness (QED) is 0.493. The van der Waals surface area contributed by atoms with Crippen LogP contribution >= 0.6 is 11.6 Å². The molecule has 0 unspecified atom stereocenters. The summed E-state index contributed by atoms with van der Waals surface area (Å²) >= 11 is 6.17. The third-order valence-corrected chi connectivity index (χ3v) is 5.28. The van der Waals surface area contributed by atoms with E-state index >= 15 is 4.39 Å². The van der Waals surface area contributed by atoms with Crippen LogP contribution in [-0.2, 0) is 5.60 Å². The Labute approximate surface area is 190 Å². The summed E-state index contributed by atoms with van der Waals surface area (Å²) in [6.45, 7) is 8.90. The average Bonchev–Trinajstić information content (AvgIpc) is 3.07. The topological polar surface area (TPSA) is 115 Å². The minimum atomic E-state index is -1.83. The fourth-order valence-electron chi connectivity index (χ4n) is 3.56. The summed E-state index contributed by atoms with van der Waals surface area (Å²) in [5, 5.41) is 14.0. The molecule has 4 N–H and O–H groups in total. The van der Waals surface area contributed by atoms with E-state index in [1.807, 2.05) is 6.92 Å². The van der Waals surface area contributed by atoms with Crippen molar-refractivity contribution >= 4 is 28.8 Å². The van der Waals surface area contributed by atoms with Gasteiger partial charge in [-0.05, 0) is 40.2 Å². The average molecular weight is 464 g/mol. The molecule has 3 aromatic rings. The Bertz CT molecular complexity index is 1180. The van der Waals surface area contributed by atoms with Gasteiger partial charge in [0.05, 0.1) is 16.8 Å². The van der Waals surface area contributed by atoms with E-state index in [1.54, 1.807) is 31.4 Å². The molecule has 0 fully saturated rings. The summed E-state index contributed by atoms with van der Waals surface area (Å²) in [6.07, 6.45) is 3.34. The minimum absolute atomic E-state index is 0.0986. The SMILES string of the molecule is CCCNC(=O)c1c(F)c(Cl)cc([C@](C)(O)c2nc(C)c3c(N)nccn23)c1OC(C)C. The van der Waals surface area contributed by atoms with Crippen LogP contribution in [0.4, 0.5) is 10.2 Å². The lowest BCUT2D eigenvalue weighted by Gasteiger charge is -2.28. The standard InChI is InChI=1S/C22H27ClFN5O3/c1-6-7-27-20(30)15-16(24)14(23)10-13(18(15)32-11(2)3)22(5,31)21-28-12(4)17-19(25)26-8-9-29(17)21/h8-11,31H,6-7H2,1-5H3,(H2,25,26)(H,27,30)/t22-/m0/s1. The van der Waals surface area contributed by atoms with E-state index in [4.69, 9.17) is 22.1 Å².